The molecule has 0 bridgehead atoms. The average Bonchev–Trinajstić information content (AvgIpc) is 3.31. The highest BCUT2D eigenvalue weighted by Gasteiger charge is 2.20. The molecule has 2 aromatic heterocycles. The van der Waals surface area contributed by atoms with Crippen LogP contribution in [0.5, 0.6) is 0 Å². The number of carbonyl (C=O) groups is 1. The minimum absolute atomic E-state index is 0.0638. The largest absolute Gasteiger partial charge is 0.378 e. The van der Waals surface area contributed by atoms with E-state index in [-0.39, 0.29) is 23.2 Å². The van der Waals surface area contributed by atoms with Gasteiger partial charge in [0, 0.05) is 42.2 Å². The lowest BCUT2D eigenvalue weighted by Gasteiger charge is -2.29. The van der Waals surface area contributed by atoms with Crippen molar-refractivity contribution in [3.05, 3.63) is 79.1 Å². The molecule has 2 N–H and O–H groups in total. The van der Waals surface area contributed by atoms with E-state index in [1.807, 2.05) is 22.9 Å². The van der Waals surface area contributed by atoms with E-state index < -0.39 is 11.6 Å². The summed E-state index contributed by atoms with van der Waals surface area (Å²) in [6.07, 6.45) is 4.61. The molecule has 0 saturated carbocycles. The van der Waals surface area contributed by atoms with Crippen LogP contribution in [-0.4, -0.2) is 46.7 Å². The quantitative estimate of drug-likeness (QED) is 0.401. The molecule has 178 valence electrons. The number of anilines is 4. The fourth-order valence-electron chi connectivity index (χ4n) is 3.92. The Kier molecular flexibility index (Phi) is 6.11. The maximum absolute atomic E-state index is 14.9. The maximum atomic E-state index is 14.9. The van der Waals surface area contributed by atoms with Crippen molar-refractivity contribution >= 4 is 40.0 Å². The monoisotopic (exact) mass is 476 g/mol. The molecule has 10 heteroatoms. The smallest absolute Gasteiger partial charge is 0.247 e. The van der Waals surface area contributed by atoms with Gasteiger partial charge in [0.25, 0.3) is 0 Å². The number of hydrogen-bond acceptors (Lipinski definition) is 6. The predicted molar refractivity (Wildman–Crippen MR) is 130 cm³/mol. The summed E-state index contributed by atoms with van der Waals surface area (Å²) in [6, 6.07) is 12.1. The molecule has 0 spiro atoms. The van der Waals surface area contributed by atoms with E-state index in [1.165, 1.54) is 18.2 Å². The van der Waals surface area contributed by atoms with Gasteiger partial charge in [-0.15, -0.1) is 0 Å². The van der Waals surface area contributed by atoms with E-state index in [0.29, 0.717) is 37.6 Å². The van der Waals surface area contributed by atoms with Gasteiger partial charge in [0.2, 0.25) is 11.9 Å². The first kappa shape index (κ1) is 22.5. The van der Waals surface area contributed by atoms with Crippen LogP contribution in [0.2, 0.25) is 0 Å². The van der Waals surface area contributed by atoms with Gasteiger partial charge in [-0.05, 0) is 42.5 Å². The first-order chi connectivity index (χ1) is 17.0. The third-order valence-corrected chi connectivity index (χ3v) is 5.66. The summed E-state index contributed by atoms with van der Waals surface area (Å²) in [7, 11) is 0. The summed E-state index contributed by atoms with van der Waals surface area (Å²) in [5.74, 6) is -2.13. The maximum Gasteiger partial charge on any atom is 0.247 e. The zero-order valence-corrected chi connectivity index (χ0v) is 18.7. The summed E-state index contributed by atoms with van der Waals surface area (Å²) in [4.78, 5) is 22.2. The number of nitrogens with zero attached hydrogens (tertiary/aromatic N) is 4. The van der Waals surface area contributed by atoms with Crippen LogP contribution in [0.3, 0.4) is 0 Å². The highest BCUT2D eigenvalue weighted by molar-refractivity contribution is 5.99. The van der Waals surface area contributed by atoms with Crippen molar-refractivity contribution in [1.82, 2.24) is 14.5 Å². The molecule has 1 saturated heterocycles. The zero-order valence-electron chi connectivity index (χ0n) is 18.7. The van der Waals surface area contributed by atoms with E-state index in [9.17, 15) is 13.6 Å². The van der Waals surface area contributed by atoms with Crippen LogP contribution >= 0.6 is 0 Å². The first-order valence-electron chi connectivity index (χ1n) is 11.0. The van der Waals surface area contributed by atoms with Gasteiger partial charge < -0.3 is 24.8 Å². The van der Waals surface area contributed by atoms with Gasteiger partial charge >= 0.3 is 0 Å². The number of carbonyl (C=O) groups excluding carboxylic acids is 1. The van der Waals surface area contributed by atoms with Crippen LogP contribution in [0.4, 0.5) is 31.8 Å². The zero-order chi connectivity index (χ0) is 24.4. The summed E-state index contributed by atoms with van der Waals surface area (Å²) < 4.78 is 36.8. The second-order valence-corrected chi connectivity index (χ2v) is 7.89. The SMILES string of the molecule is C=CC(=O)Nc1cccc(-n2ccc3cnc(Nc4ccc(N5CCOCC5)c(F)c4F)nc32)c1. The lowest BCUT2D eigenvalue weighted by molar-refractivity contribution is -0.111. The summed E-state index contributed by atoms with van der Waals surface area (Å²) in [5.41, 5.74) is 2.04. The molecule has 1 aliphatic heterocycles. The summed E-state index contributed by atoms with van der Waals surface area (Å²) in [6.45, 7) is 5.39. The number of rotatable bonds is 6. The van der Waals surface area contributed by atoms with Crippen molar-refractivity contribution in [2.24, 2.45) is 0 Å². The minimum atomic E-state index is -1.00. The second kappa shape index (κ2) is 9.51. The molecular formula is C25H22F2N6O2. The predicted octanol–water partition coefficient (Wildman–Crippen LogP) is 4.40. The van der Waals surface area contributed by atoms with Gasteiger partial charge in [0.15, 0.2) is 11.6 Å². The van der Waals surface area contributed by atoms with Gasteiger partial charge in [0.1, 0.15) is 5.65 Å². The highest BCUT2D eigenvalue weighted by Crippen LogP contribution is 2.29. The topological polar surface area (TPSA) is 84.3 Å². The van der Waals surface area contributed by atoms with Crippen LogP contribution in [0.1, 0.15) is 0 Å². The van der Waals surface area contributed by atoms with Crippen LogP contribution in [-0.2, 0) is 9.53 Å². The number of amides is 1. The number of nitrogens with one attached hydrogen (secondary N) is 2. The number of ether oxygens (including phenoxy) is 1. The molecule has 2 aromatic carbocycles. The summed E-state index contributed by atoms with van der Waals surface area (Å²) >= 11 is 0. The van der Waals surface area contributed by atoms with Crippen molar-refractivity contribution in [3.8, 4) is 5.69 Å². The van der Waals surface area contributed by atoms with Crippen molar-refractivity contribution in [2.75, 3.05) is 41.8 Å². The van der Waals surface area contributed by atoms with E-state index in [4.69, 9.17) is 4.74 Å². The molecule has 0 unspecified atom stereocenters. The highest BCUT2D eigenvalue weighted by atomic mass is 19.2. The van der Waals surface area contributed by atoms with Gasteiger partial charge in [-0.1, -0.05) is 12.6 Å². The molecular weight excluding hydrogens is 454 g/mol. The molecule has 35 heavy (non-hydrogen) atoms. The molecule has 1 fully saturated rings. The molecule has 4 aromatic rings. The van der Waals surface area contributed by atoms with E-state index in [0.717, 1.165) is 11.1 Å². The molecule has 8 nitrogen and oxygen atoms in total. The lowest BCUT2D eigenvalue weighted by Crippen LogP contribution is -2.36. The Morgan fingerprint density at radius 2 is 1.94 bits per heavy atom. The molecule has 3 heterocycles. The van der Waals surface area contributed by atoms with E-state index >= 15 is 0 Å². The molecule has 0 aliphatic carbocycles. The fourth-order valence-corrected chi connectivity index (χ4v) is 3.92. The van der Waals surface area contributed by atoms with Crippen LogP contribution in [0.25, 0.3) is 16.7 Å². The van der Waals surface area contributed by atoms with Crippen molar-refractivity contribution in [1.29, 1.82) is 0 Å². The fraction of sp³-hybridized carbons (Fsp3) is 0.160. The molecule has 5 rings (SSSR count). The number of aromatic nitrogens is 3. The second-order valence-electron chi connectivity index (χ2n) is 7.89. The number of halogens is 2. The Labute approximate surface area is 199 Å². The molecule has 1 aliphatic rings. The van der Waals surface area contributed by atoms with Crippen LogP contribution < -0.4 is 15.5 Å². The number of fused-ring (bicyclic) bond motifs is 1. The number of benzene rings is 2. The van der Waals surface area contributed by atoms with Gasteiger partial charge in [-0.3, -0.25) is 4.79 Å². The molecule has 1 amide bonds. The first-order valence-corrected chi connectivity index (χ1v) is 11.0. The third-order valence-electron chi connectivity index (χ3n) is 5.66. The van der Waals surface area contributed by atoms with Crippen molar-refractivity contribution < 1.29 is 18.3 Å². The molecule has 0 atom stereocenters. The normalized spacial score (nSPS) is 13.6. The Balaban J connectivity index is 1.44. The lowest BCUT2D eigenvalue weighted by atomic mass is 10.2. The minimum Gasteiger partial charge on any atom is -0.378 e. The van der Waals surface area contributed by atoms with Crippen molar-refractivity contribution in [3.63, 3.8) is 0 Å². The Morgan fingerprint density at radius 3 is 2.74 bits per heavy atom. The Bertz CT molecular complexity index is 1410. The number of morpholine rings is 1. The number of hydrogen-bond donors (Lipinski definition) is 2. The Morgan fingerprint density at radius 1 is 1.11 bits per heavy atom. The summed E-state index contributed by atoms with van der Waals surface area (Å²) in [5, 5.41) is 6.26. The van der Waals surface area contributed by atoms with Gasteiger partial charge in [0.05, 0.1) is 24.6 Å². The van der Waals surface area contributed by atoms with E-state index in [1.54, 1.807) is 29.3 Å². The van der Waals surface area contributed by atoms with Gasteiger partial charge in [-0.25, -0.2) is 13.8 Å². The third kappa shape index (κ3) is 4.56. The standard InChI is InChI=1S/C25H22F2N6O2/c1-2-21(34)29-17-4-3-5-18(14-17)33-9-8-16-15-28-25(31-24(16)33)30-19-6-7-20(23(27)22(19)26)32-10-12-35-13-11-32/h2-9,14-15H,1,10-13H2,(H,29,34)(H,28,30,31). The van der Waals surface area contributed by atoms with Crippen LogP contribution in [0, 0.1) is 11.6 Å². The van der Waals surface area contributed by atoms with Crippen molar-refractivity contribution in [2.45, 2.75) is 0 Å². The van der Waals surface area contributed by atoms with Crippen LogP contribution in [0.15, 0.2) is 67.5 Å². The van der Waals surface area contributed by atoms with Gasteiger partial charge in [-0.2, -0.15) is 4.98 Å². The molecule has 0 radical (unpaired) electrons. The van der Waals surface area contributed by atoms with E-state index in [2.05, 4.69) is 27.2 Å². The Hall–Kier alpha value is -4.31. The average molecular weight is 476 g/mol.